The van der Waals surface area contributed by atoms with Crippen LogP contribution in [-0.2, 0) is 25.1 Å². The second-order valence-corrected chi connectivity index (χ2v) is 12.7. The Labute approximate surface area is 240 Å². The standard InChI is InChI=1S/C31H36N4O5S/c1-19-6-5-7-20(2)26(19)18-41(38,39)23-8-9-27-24(16-23)25(30(36)34-27)17-28-21(3)29(22(4)33-28)31(37)32-10-11-35-12-14-40-15-13-35/h5-9,16-17,33H,10-15,18H2,1-4H3,(H,32,37)(H,34,36)/b25-17-. The van der Waals surface area contributed by atoms with Crippen molar-refractivity contribution in [2.75, 3.05) is 44.7 Å². The maximum absolute atomic E-state index is 13.4. The third-order valence-electron chi connectivity index (χ3n) is 7.92. The summed E-state index contributed by atoms with van der Waals surface area (Å²) in [5.41, 5.74) is 6.62. The van der Waals surface area contributed by atoms with Crippen LogP contribution in [0.25, 0.3) is 11.6 Å². The largest absolute Gasteiger partial charge is 0.379 e. The molecule has 3 aromatic rings. The van der Waals surface area contributed by atoms with Crippen LogP contribution < -0.4 is 10.6 Å². The summed E-state index contributed by atoms with van der Waals surface area (Å²) in [5.74, 6) is -0.623. The summed E-state index contributed by atoms with van der Waals surface area (Å²) in [6, 6.07) is 10.5. The van der Waals surface area contributed by atoms with E-state index in [-0.39, 0.29) is 22.5 Å². The van der Waals surface area contributed by atoms with Gasteiger partial charge >= 0.3 is 0 Å². The first-order valence-corrected chi connectivity index (χ1v) is 15.4. The molecular weight excluding hydrogens is 540 g/mol. The molecule has 0 atom stereocenters. The monoisotopic (exact) mass is 576 g/mol. The number of ether oxygens (including phenoxy) is 1. The molecule has 10 heteroatoms. The average Bonchev–Trinajstić information content (AvgIpc) is 3.40. The van der Waals surface area contributed by atoms with Crippen LogP contribution in [0, 0.1) is 27.7 Å². The topological polar surface area (TPSA) is 121 Å². The number of aryl methyl sites for hydroxylation is 3. The maximum Gasteiger partial charge on any atom is 0.256 e. The quantitative estimate of drug-likeness (QED) is 0.351. The first-order valence-electron chi connectivity index (χ1n) is 13.8. The Morgan fingerprint density at radius 3 is 2.49 bits per heavy atom. The van der Waals surface area contributed by atoms with E-state index in [1.165, 1.54) is 6.07 Å². The van der Waals surface area contributed by atoms with Gasteiger partial charge in [-0.3, -0.25) is 14.5 Å². The van der Waals surface area contributed by atoms with Gasteiger partial charge in [0.15, 0.2) is 9.84 Å². The lowest BCUT2D eigenvalue weighted by Gasteiger charge is -2.26. The molecule has 3 heterocycles. The predicted octanol–water partition coefficient (Wildman–Crippen LogP) is 3.78. The molecule has 2 amide bonds. The molecule has 0 saturated carbocycles. The van der Waals surface area contributed by atoms with Gasteiger partial charge in [0.25, 0.3) is 11.8 Å². The smallest absolute Gasteiger partial charge is 0.256 e. The van der Waals surface area contributed by atoms with Crippen molar-refractivity contribution in [2.45, 2.75) is 38.3 Å². The highest BCUT2D eigenvalue weighted by Gasteiger charge is 2.28. The number of H-pyrrole nitrogens is 1. The fourth-order valence-corrected chi connectivity index (χ4v) is 7.07. The predicted molar refractivity (Wildman–Crippen MR) is 160 cm³/mol. The van der Waals surface area contributed by atoms with Crippen molar-refractivity contribution in [1.82, 2.24) is 15.2 Å². The molecule has 2 aliphatic heterocycles. The number of nitrogens with zero attached hydrogens (tertiary/aromatic N) is 1. The number of rotatable bonds is 8. The van der Waals surface area contributed by atoms with Gasteiger partial charge in [0, 0.05) is 48.8 Å². The van der Waals surface area contributed by atoms with Crippen LogP contribution in [-0.4, -0.2) is 69.5 Å². The highest BCUT2D eigenvalue weighted by atomic mass is 32.2. The van der Waals surface area contributed by atoms with E-state index >= 15 is 0 Å². The molecule has 41 heavy (non-hydrogen) atoms. The van der Waals surface area contributed by atoms with Crippen LogP contribution in [0.1, 0.15) is 49.6 Å². The number of amides is 2. The fraction of sp³-hybridized carbons (Fsp3) is 0.355. The van der Waals surface area contributed by atoms with Gasteiger partial charge in [-0.2, -0.15) is 0 Å². The van der Waals surface area contributed by atoms with E-state index in [4.69, 9.17) is 4.74 Å². The molecule has 1 saturated heterocycles. The number of anilines is 1. The molecule has 2 aliphatic rings. The molecule has 1 aromatic heterocycles. The number of aromatic amines is 1. The zero-order valence-electron chi connectivity index (χ0n) is 23.9. The Balaban J connectivity index is 1.39. The summed E-state index contributed by atoms with van der Waals surface area (Å²) < 4.78 is 32.2. The number of hydrogen-bond acceptors (Lipinski definition) is 6. The summed E-state index contributed by atoms with van der Waals surface area (Å²) in [7, 11) is -3.67. The number of nitrogens with one attached hydrogen (secondary N) is 3. The van der Waals surface area contributed by atoms with Gasteiger partial charge in [-0.1, -0.05) is 18.2 Å². The van der Waals surface area contributed by atoms with E-state index in [2.05, 4.69) is 20.5 Å². The molecular formula is C31H36N4O5S. The highest BCUT2D eigenvalue weighted by molar-refractivity contribution is 7.90. The minimum Gasteiger partial charge on any atom is -0.379 e. The minimum absolute atomic E-state index is 0.121. The van der Waals surface area contributed by atoms with Crippen molar-refractivity contribution in [3.8, 4) is 0 Å². The summed E-state index contributed by atoms with van der Waals surface area (Å²) in [6.45, 7) is 11.9. The van der Waals surface area contributed by atoms with Gasteiger partial charge in [0.05, 0.1) is 35.0 Å². The number of benzene rings is 2. The molecule has 0 unspecified atom stereocenters. The van der Waals surface area contributed by atoms with Gasteiger partial charge in [-0.05, 0) is 74.2 Å². The Morgan fingerprint density at radius 2 is 1.78 bits per heavy atom. The normalized spacial score (nSPS) is 16.6. The van der Waals surface area contributed by atoms with Crippen molar-refractivity contribution in [3.05, 3.63) is 81.2 Å². The lowest BCUT2D eigenvalue weighted by Crippen LogP contribution is -2.41. The average molecular weight is 577 g/mol. The van der Waals surface area contributed by atoms with Crippen molar-refractivity contribution < 1.29 is 22.7 Å². The van der Waals surface area contributed by atoms with Crippen molar-refractivity contribution in [1.29, 1.82) is 0 Å². The van der Waals surface area contributed by atoms with Gasteiger partial charge in [0.1, 0.15) is 0 Å². The van der Waals surface area contributed by atoms with Crippen LogP contribution in [0.15, 0.2) is 41.3 Å². The summed E-state index contributed by atoms with van der Waals surface area (Å²) >= 11 is 0. The molecule has 0 bridgehead atoms. The molecule has 0 radical (unpaired) electrons. The number of aromatic nitrogens is 1. The highest BCUT2D eigenvalue weighted by Crippen LogP contribution is 2.36. The molecule has 0 spiro atoms. The fourth-order valence-electron chi connectivity index (χ4n) is 5.50. The second kappa shape index (κ2) is 11.6. The van der Waals surface area contributed by atoms with Crippen molar-refractivity contribution in [3.63, 3.8) is 0 Å². The van der Waals surface area contributed by atoms with Gasteiger partial charge in [-0.15, -0.1) is 0 Å². The van der Waals surface area contributed by atoms with Crippen LogP contribution in [0.3, 0.4) is 0 Å². The van der Waals surface area contributed by atoms with Gasteiger partial charge in [-0.25, -0.2) is 8.42 Å². The van der Waals surface area contributed by atoms with Gasteiger partial charge in [0.2, 0.25) is 0 Å². The Hall–Kier alpha value is -3.73. The van der Waals surface area contributed by atoms with E-state index in [1.54, 1.807) is 18.2 Å². The molecule has 9 nitrogen and oxygen atoms in total. The summed E-state index contributed by atoms with van der Waals surface area (Å²) in [5, 5.41) is 5.83. The zero-order valence-corrected chi connectivity index (χ0v) is 24.7. The number of carbonyl (C=O) groups is 2. The van der Waals surface area contributed by atoms with Crippen LogP contribution in [0.4, 0.5) is 5.69 Å². The maximum atomic E-state index is 13.4. The number of morpholine rings is 1. The third-order valence-corrected chi connectivity index (χ3v) is 9.56. The summed E-state index contributed by atoms with van der Waals surface area (Å²) in [6.07, 6.45) is 1.69. The molecule has 1 fully saturated rings. The molecule has 5 rings (SSSR count). The van der Waals surface area contributed by atoms with Crippen molar-refractivity contribution in [2.24, 2.45) is 0 Å². The lowest BCUT2D eigenvalue weighted by molar-refractivity contribution is -0.110. The van der Waals surface area contributed by atoms with Crippen LogP contribution in [0.2, 0.25) is 0 Å². The Bertz CT molecular complexity index is 1630. The van der Waals surface area contributed by atoms with Crippen molar-refractivity contribution >= 4 is 39.0 Å². The molecule has 216 valence electrons. The van der Waals surface area contributed by atoms with Crippen LogP contribution >= 0.6 is 0 Å². The second-order valence-electron chi connectivity index (χ2n) is 10.7. The molecule has 2 aromatic carbocycles. The lowest BCUT2D eigenvalue weighted by atomic mass is 10.0. The zero-order chi connectivity index (χ0) is 29.3. The minimum atomic E-state index is -3.67. The first-order chi connectivity index (χ1) is 19.5. The van der Waals surface area contributed by atoms with E-state index < -0.39 is 9.84 Å². The Kier molecular flexibility index (Phi) is 8.17. The summed E-state index contributed by atoms with van der Waals surface area (Å²) in [4.78, 5) is 31.7. The first kappa shape index (κ1) is 28.8. The SMILES string of the molecule is Cc1cccc(C)c1CS(=O)(=O)c1ccc2c(c1)/C(=C/c1[nH]c(C)c(C(=O)NCCN3CCOCC3)c1C)C(=O)N2. The molecule has 0 aliphatic carbocycles. The number of hydrogen-bond donors (Lipinski definition) is 3. The van der Waals surface area contributed by atoms with E-state index in [9.17, 15) is 18.0 Å². The molecule has 3 N–H and O–H groups in total. The number of carbonyl (C=O) groups excluding carboxylic acids is 2. The van der Waals surface area contributed by atoms with E-state index in [0.717, 1.165) is 41.9 Å². The Morgan fingerprint density at radius 1 is 1.07 bits per heavy atom. The number of sulfone groups is 1. The number of fused-ring (bicyclic) bond motifs is 1. The van der Waals surface area contributed by atoms with Gasteiger partial charge < -0.3 is 20.4 Å². The van der Waals surface area contributed by atoms with Crippen LogP contribution in [0.5, 0.6) is 0 Å². The van der Waals surface area contributed by atoms with E-state index in [0.29, 0.717) is 53.5 Å². The third kappa shape index (κ3) is 6.00. The van der Waals surface area contributed by atoms with E-state index in [1.807, 2.05) is 45.9 Å².